The van der Waals surface area contributed by atoms with E-state index in [4.69, 9.17) is 16.7 Å². The van der Waals surface area contributed by atoms with Crippen molar-refractivity contribution >= 4 is 23.5 Å². The van der Waals surface area contributed by atoms with Crippen molar-refractivity contribution in [3.05, 3.63) is 28.0 Å². The van der Waals surface area contributed by atoms with E-state index in [1.54, 1.807) is 0 Å². The lowest BCUT2D eigenvalue weighted by Crippen LogP contribution is -2.10. The fraction of sp³-hybridized carbons (Fsp3) is 0.222. The zero-order valence-electron chi connectivity index (χ0n) is 8.07. The number of aromatic nitrogens is 1. The lowest BCUT2D eigenvalue weighted by molar-refractivity contribution is 0.0596. The van der Waals surface area contributed by atoms with Crippen molar-refractivity contribution in [1.82, 2.24) is 4.98 Å². The summed E-state index contributed by atoms with van der Waals surface area (Å²) in [4.78, 5) is 25.6. The van der Waals surface area contributed by atoms with Crippen molar-refractivity contribution in [1.29, 1.82) is 0 Å². The van der Waals surface area contributed by atoms with Crippen molar-refractivity contribution in [2.24, 2.45) is 0 Å². The van der Waals surface area contributed by atoms with Crippen LogP contribution in [0.2, 0.25) is 5.02 Å². The number of carboxylic acid groups (broad SMARTS) is 1. The van der Waals surface area contributed by atoms with Crippen LogP contribution in [0.3, 0.4) is 0 Å². The maximum atomic E-state index is 11.2. The number of carbonyl (C=O) groups is 2. The molecule has 0 aliphatic carbocycles. The second kappa shape index (κ2) is 4.27. The molecule has 1 aromatic heterocycles. The predicted molar refractivity (Wildman–Crippen MR) is 52.3 cm³/mol. The number of methoxy groups -OCH3 is 1. The van der Waals surface area contributed by atoms with Crippen LogP contribution >= 0.6 is 11.6 Å². The van der Waals surface area contributed by atoms with Crippen LogP contribution in [0, 0.1) is 6.92 Å². The highest BCUT2D eigenvalue weighted by Gasteiger charge is 2.17. The Morgan fingerprint density at radius 3 is 2.60 bits per heavy atom. The Bertz CT molecular complexity index is 430. The van der Waals surface area contributed by atoms with Crippen LogP contribution in [0.5, 0.6) is 0 Å². The van der Waals surface area contributed by atoms with Crippen LogP contribution in [0.1, 0.15) is 26.5 Å². The van der Waals surface area contributed by atoms with E-state index < -0.39 is 11.9 Å². The summed E-state index contributed by atoms with van der Waals surface area (Å²) >= 11 is 5.65. The SMILES string of the molecule is COC(=O)c1cc(Cl)c(C(=O)O)nc1C. The van der Waals surface area contributed by atoms with E-state index >= 15 is 0 Å². The summed E-state index contributed by atoms with van der Waals surface area (Å²) in [6, 6.07) is 1.24. The van der Waals surface area contributed by atoms with E-state index in [0.717, 1.165) is 0 Å². The van der Waals surface area contributed by atoms with E-state index in [0.29, 0.717) is 0 Å². The number of halogens is 1. The molecule has 0 aliphatic rings. The Morgan fingerprint density at radius 1 is 1.53 bits per heavy atom. The number of ether oxygens (including phenoxy) is 1. The highest BCUT2D eigenvalue weighted by Crippen LogP contribution is 2.18. The molecule has 0 saturated carbocycles. The van der Waals surface area contributed by atoms with E-state index in [1.807, 2.05) is 0 Å². The van der Waals surface area contributed by atoms with Gasteiger partial charge in [0.15, 0.2) is 5.69 Å². The normalized spacial score (nSPS) is 9.80. The van der Waals surface area contributed by atoms with Gasteiger partial charge in [0.1, 0.15) is 0 Å². The molecule has 0 unspecified atom stereocenters. The summed E-state index contributed by atoms with van der Waals surface area (Å²) in [6.07, 6.45) is 0. The lowest BCUT2D eigenvalue weighted by atomic mass is 10.2. The molecule has 0 saturated heterocycles. The Morgan fingerprint density at radius 2 is 2.13 bits per heavy atom. The summed E-state index contributed by atoms with van der Waals surface area (Å²) in [5, 5.41) is 8.62. The van der Waals surface area contributed by atoms with Gasteiger partial charge >= 0.3 is 11.9 Å². The number of rotatable bonds is 2. The minimum atomic E-state index is -1.24. The number of aryl methyl sites for hydroxylation is 1. The summed E-state index contributed by atoms with van der Waals surface area (Å²) in [7, 11) is 1.22. The molecular formula is C9H8ClNO4. The van der Waals surface area contributed by atoms with Gasteiger partial charge in [-0.3, -0.25) is 0 Å². The monoisotopic (exact) mass is 229 g/mol. The van der Waals surface area contributed by atoms with Gasteiger partial charge in [-0.25, -0.2) is 14.6 Å². The summed E-state index contributed by atoms with van der Waals surface area (Å²) < 4.78 is 4.49. The third-order valence-corrected chi connectivity index (χ3v) is 2.06. The summed E-state index contributed by atoms with van der Waals surface area (Å²) in [6.45, 7) is 1.51. The molecule has 1 aromatic rings. The molecule has 5 nitrogen and oxygen atoms in total. The molecule has 1 N–H and O–H groups in total. The van der Waals surface area contributed by atoms with Crippen LogP contribution in [0.25, 0.3) is 0 Å². The average Bonchev–Trinajstić information content (AvgIpc) is 2.19. The second-order valence-electron chi connectivity index (χ2n) is 2.75. The van der Waals surface area contributed by atoms with Crippen molar-refractivity contribution < 1.29 is 19.4 Å². The zero-order valence-corrected chi connectivity index (χ0v) is 8.83. The van der Waals surface area contributed by atoms with E-state index in [-0.39, 0.29) is 22.0 Å². The number of nitrogens with zero attached hydrogens (tertiary/aromatic N) is 1. The van der Waals surface area contributed by atoms with Gasteiger partial charge in [-0.05, 0) is 13.0 Å². The van der Waals surface area contributed by atoms with Crippen LogP contribution < -0.4 is 0 Å². The molecule has 80 valence electrons. The number of aromatic carboxylic acids is 1. The topological polar surface area (TPSA) is 76.5 Å². The van der Waals surface area contributed by atoms with Gasteiger partial charge < -0.3 is 9.84 Å². The first-order chi connectivity index (χ1) is 6.97. The molecule has 0 atom stereocenters. The van der Waals surface area contributed by atoms with Gasteiger partial charge in [0.05, 0.1) is 23.4 Å². The number of hydrogen-bond donors (Lipinski definition) is 1. The first kappa shape index (κ1) is 11.5. The molecule has 15 heavy (non-hydrogen) atoms. The smallest absolute Gasteiger partial charge is 0.356 e. The molecule has 0 aliphatic heterocycles. The molecule has 0 fully saturated rings. The Hall–Kier alpha value is -1.62. The second-order valence-corrected chi connectivity index (χ2v) is 3.16. The quantitative estimate of drug-likeness (QED) is 0.779. The Balaban J connectivity index is 3.31. The predicted octanol–water partition coefficient (Wildman–Crippen LogP) is 1.53. The lowest BCUT2D eigenvalue weighted by Gasteiger charge is -2.05. The fourth-order valence-electron chi connectivity index (χ4n) is 1.05. The summed E-state index contributed by atoms with van der Waals surface area (Å²) in [5.74, 6) is -1.83. The number of carboxylic acids is 1. The standard InChI is InChI=1S/C9H8ClNO4/c1-4-5(9(14)15-2)3-6(10)7(11-4)8(12)13/h3H,1-2H3,(H,12,13). The van der Waals surface area contributed by atoms with Crippen molar-refractivity contribution in [2.45, 2.75) is 6.92 Å². The Labute approximate surface area is 90.6 Å². The summed E-state index contributed by atoms with van der Waals surface area (Å²) in [5.41, 5.74) is 0.151. The third-order valence-electron chi connectivity index (χ3n) is 1.77. The molecule has 0 radical (unpaired) electrons. The Kier molecular flexibility index (Phi) is 3.26. The van der Waals surface area contributed by atoms with Gasteiger partial charge in [0, 0.05) is 0 Å². The van der Waals surface area contributed by atoms with Crippen molar-refractivity contribution in [2.75, 3.05) is 7.11 Å². The minimum absolute atomic E-state index is 0.0894. The van der Waals surface area contributed by atoms with E-state index in [2.05, 4.69) is 9.72 Å². The maximum absolute atomic E-state index is 11.2. The maximum Gasteiger partial charge on any atom is 0.356 e. The fourth-order valence-corrected chi connectivity index (χ4v) is 1.28. The third kappa shape index (κ3) is 2.24. The van der Waals surface area contributed by atoms with Crippen molar-refractivity contribution in [3.63, 3.8) is 0 Å². The van der Waals surface area contributed by atoms with Crippen LogP contribution in [0.15, 0.2) is 6.07 Å². The zero-order chi connectivity index (χ0) is 11.6. The van der Waals surface area contributed by atoms with Crippen molar-refractivity contribution in [3.8, 4) is 0 Å². The number of hydrogen-bond acceptors (Lipinski definition) is 4. The largest absolute Gasteiger partial charge is 0.476 e. The first-order valence-corrected chi connectivity index (χ1v) is 4.34. The molecule has 0 amide bonds. The highest BCUT2D eigenvalue weighted by atomic mass is 35.5. The van der Waals surface area contributed by atoms with Gasteiger partial charge in [-0.15, -0.1) is 0 Å². The van der Waals surface area contributed by atoms with Crippen LogP contribution in [-0.4, -0.2) is 29.1 Å². The molecule has 0 spiro atoms. The molecule has 0 aromatic carbocycles. The minimum Gasteiger partial charge on any atom is -0.476 e. The number of pyridine rings is 1. The molecule has 0 bridgehead atoms. The number of esters is 1. The van der Waals surface area contributed by atoms with Gasteiger partial charge in [-0.1, -0.05) is 11.6 Å². The van der Waals surface area contributed by atoms with Gasteiger partial charge in [-0.2, -0.15) is 0 Å². The molecule has 1 heterocycles. The molecule has 6 heteroatoms. The molecular weight excluding hydrogens is 222 g/mol. The first-order valence-electron chi connectivity index (χ1n) is 3.96. The van der Waals surface area contributed by atoms with Gasteiger partial charge in [0.25, 0.3) is 0 Å². The van der Waals surface area contributed by atoms with E-state index in [1.165, 1.54) is 20.1 Å². The average molecular weight is 230 g/mol. The number of carbonyl (C=O) groups excluding carboxylic acids is 1. The molecule has 1 rings (SSSR count). The highest BCUT2D eigenvalue weighted by molar-refractivity contribution is 6.33. The van der Waals surface area contributed by atoms with Crippen LogP contribution in [0.4, 0.5) is 0 Å². The van der Waals surface area contributed by atoms with E-state index in [9.17, 15) is 9.59 Å². The van der Waals surface area contributed by atoms with Gasteiger partial charge in [0.2, 0.25) is 0 Å². The van der Waals surface area contributed by atoms with Crippen LogP contribution in [-0.2, 0) is 4.74 Å².